The lowest BCUT2D eigenvalue weighted by molar-refractivity contribution is -0.147. The van der Waals surface area contributed by atoms with Gasteiger partial charge in [0, 0.05) is 5.33 Å². The van der Waals surface area contributed by atoms with Crippen LogP contribution in [0.4, 0.5) is 0 Å². The average molecular weight is 221 g/mol. The first kappa shape index (κ1) is 9.04. The molecule has 0 saturated heterocycles. The van der Waals surface area contributed by atoms with Gasteiger partial charge < -0.3 is 4.74 Å². The van der Waals surface area contributed by atoms with E-state index >= 15 is 0 Å². The van der Waals surface area contributed by atoms with Gasteiger partial charge in [0.1, 0.15) is 6.61 Å². The SMILES string of the molecule is O=C(OCCBr)C1CCCC1. The van der Waals surface area contributed by atoms with Crippen molar-refractivity contribution in [3.05, 3.63) is 0 Å². The van der Waals surface area contributed by atoms with Gasteiger partial charge in [-0.05, 0) is 12.8 Å². The lowest BCUT2D eigenvalue weighted by Crippen LogP contribution is -2.15. The number of esters is 1. The van der Waals surface area contributed by atoms with Crippen LogP contribution in [0, 0.1) is 5.92 Å². The Morgan fingerprint density at radius 1 is 1.45 bits per heavy atom. The van der Waals surface area contributed by atoms with Gasteiger partial charge in [-0.2, -0.15) is 0 Å². The third kappa shape index (κ3) is 2.81. The molecular weight excluding hydrogens is 208 g/mol. The van der Waals surface area contributed by atoms with Crippen LogP contribution >= 0.6 is 15.9 Å². The minimum absolute atomic E-state index is 0.00181. The Kier molecular flexibility index (Phi) is 3.91. The normalized spacial score (nSPS) is 18.6. The van der Waals surface area contributed by atoms with Crippen LogP contribution in [0.15, 0.2) is 0 Å². The second-order valence-electron chi connectivity index (χ2n) is 2.84. The summed E-state index contributed by atoms with van der Waals surface area (Å²) in [6, 6.07) is 0. The number of halogens is 1. The molecule has 0 aromatic rings. The molecule has 0 spiro atoms. The molecular formula is C8H13BrO2. The molecule has 0 unspecified atom stereocenters. The van der Waals surface area contributed by atoms with Crippen molar-refractivity contribution in [3.63, 3.8) is 0 Å². The molecule has 0 atom stereocenters. The summed E-state index contributed by atoms with van der Waals surface area (Å²) in [6.45, 7) is 0.509. The van der Waals surface area contributed by atoms with E-state index in [1.165, 1.54) is 12.8 Å². The van der Waals surface area contributed by atoms with Crippen molar-refractivity contribution in [2.75, 3.05) is 11.9 Å². The van der Waals surface area contributed by atoms with E-state index < -0.39 is 0 Å². The average Bonchev–Trinajstić information content (AvgIpc) is 2.52. The topological polar surface area (TPSA) is 26.3 Å². The van der Waals surface area contributed by atoms with Crippen molar-refractivity contribution in [2.24, 2.45) is 5.92 Å². The largest absolute Gasteiger partial charge is 0.465 e. The summed E-state index contributed by atoms with van der Waals surface area (Å²) in [6.07, 6.45) is 4.43. The van der Waals surface area contributed by atoms with Crippen LogP contribution in [-0.2, 0) is 9.53 Å². The molecule has 1 aliphatic carbocycles. The summed E-state index contributed by atoms with van der Waals surface area (Å²) in [5.41, 5.74) is 0. The number of hydrogen-bond acceptors (Lipinski definition) is 2. The van der Waals surface area contributed by atoms with E-state index in [-0.39, 0.29) is 11.9 Å². The molecule has 3 heteroatoms. The van der Waals surface area contributed by atoms with Crippen LogP contribution in [0.2, 0.25) is 0 Å². The zero-order valence-electron chi connectivity index (χ0n) is 6.51. The van der Waals surface area contributed by atoms with E-state index in [1.54, 1.807) is 0 Å². The van der Waals surface area contributed by atoms with Crippen molar-refractivity contribution in [1.82, 2.24) is 0 Å². The Morgan fingerprint density at radius 3 is 2.64 bits per heavy atom. The summed E-state index contributed by atoms with van der Waals surface area (Å²) in [5, 5.41) is 0.742. The molecule has 0 aromatic carbocycles. The standard InChI is InChI=1S/C8H13BrO2/c9-5-6-11-8(10)7-3-1-2-4-7/h7H,1-6H2. The molecule has 0 N–H and O–H groups in total. The number of rotatable bonds is 3. The first-order chi connectivity index (χ1) is 5.34. The third-order valence-corrected chi connectivity index (χ3v) is 2.33. The van der Waals surface area contributed by atoms with Crippen molar-refractivity contribution in [1.29, 1.82) is 0 Å². The Morgan fingerprint density at radius 2 is 2.09 bits per heavy atom. The van der Waals surface area contributed by atoms with E-state index in [1.807, 2.05) is 0 Å². The maximum Gasteiger partial charge on any atom is 0.308 e. The van der Waals surface area contributed by atoms with Crippen LogP contribution in [0.5, 0.6) is 0 Å². The van der Waals surface area contributed by atoms with E-state index in [0.29, 0.717) is 6.61 Å². The van der Waals surface area contributed by atoms with E-state index in [9.17, 15) is 4.79 Å². The van der Waals surface area contributed by atoms with Crippen molar-refractivity contribution in [2.45, 2.75) is 25.7 Å². The Bertz CT molecular complexity index is 130. The van der Waals surface area contributed by atoms with Gasteiger partial charge in [0.05, 0.1) is 5.92 Å². The van der Waals surface area contributed by atoms with Crippen LogP contribution in [0.3, 0.4) is 0 Å². The van der Waals surface area contributed by atoms with Crippen LogP contribution < -0.4 is 0 Å². The minimum Gasteiger partial charge on any atom is -0.465 e. The minimum atomic E-state index is 0.00181. The maximum atomic E-state index is 11.2. The number of hydrogen-bond donors (Lipinski definition) is 0. The quantitative estimate of drug-likeness (QED) is 0.539. The molecule has 0 amide bonds. The molecule has 2 nitrogen and oxygen atoms in total. The van der Waals surface area contributed by atoms with Gasteiger partial charge in [-0.1, -0.05) is 28.8 Å². The van der Waals surface area contributed by atoms with E-state index in [0.717, 1.165) is 18.2 Å². The predicted octanol–water partition coefficient (Wildman–Crippen LogP) is 2.11. The first-order valence-corrected chi connectivity index (χ1v) is 5.19. The second kappa shape index (κ2) is 4.75. The fourth-order valence-electron chi connectivity index (χ4n) is 1.42. The fraction of sp³-hybridized carbons (Fsp3) is 0.875. The molecule has 0 radical (unpaired) electrons. The van der Waals surface area contributed by atoms with E-state index in [2.05, 4.69) is 15.9 Å². The molecule has 0 heterocycles. The number of ether oxygens (including phenoxy) is 1. The van der Waals surface area contributed by atoms with Crippen LogP contribution in [-0.4, -0.2) is 17.9 Å². The Hall–Kier alpha value is -0.0500. The zero-order valence-corrected chi connectivity index (χ0v) is 8.10. The van der Waals surface area contributed by atoms with Crippen molar-refractivity contribution < 1.29 is 9.53 Å². The molecule has 1 rings (SSSR count). The summed E-state index contributed by atoms with van der Waals surface area (Å²) >= 11 is 3.21. The van der Waals surface area contributed by atoms with Gasteiger partial charge >= 0.3 is 5.97 Å². The molecule has 1 aliphatic rings. The summed E-state index contributed by atoms with van der Waals surface area (Å²) in [7, 11) is 0. The maximum absolute atomic E-state index is 11.2. The molecule has 64 valence electrons. The molecule has 11 heavy (non-hydrogen) atoms. The van der Waals surface area contributed by atoms with Gasteiger partial charge in [-0.3, -0.25) is 4.79 Å². The van der Waals surface area contributed by atoms with Crippen molar-refractivity contribution in [3.8, 4) is 0 Å². The molecule has 0 aliphatic heterocycles. The number of alkyl halides is 1. The highest BCUT2D eigenvalue weighted by Gasteiger charge is 2.23. The lowest BCUT2D eigenvalue weighted by atomic mass is 10.1. The van der Waals surface area contributed by atoms with Gasteiger partial charge in [0.2, 0.25) is 0 Å². The summed E-state index contributed by atoms with van der Waals surface area (Å²) < 4.78 is 4.99. The van der Waals surface area contributed by atoms with Crippen LogP contribution in [0.25, 0.3) is 0 Å². The van der Waals surface area contributed by atoms with Crippen molar-refractivity contribution >= 4 is 21.9 Å². The summed E-state index contributed by atoms with van der Waals surface area (Å²) in [5.74, 6) is 0.205. The predicted molar refractivity (Wildman–Crippen MR) is 46.7 cm³/mol. The highest BCUT2D eigenvalue weighted by molar-refractivity contribution is 9.09. The number of carbonyl (C=O) groups excluding carboxylic acids is 1. The van der Waals surface area contributed by atoms with Gasteiger partial charge in [0.15, 0.2) is 0 Å². The zero-order chi connectivity index (χ0) is 8.10. The first-order valence-electron chi connectivity index (χ1n) is 4.07. The smallest absolute Gasteiger partial charge is 0.308 e. The van der Waals surface area contributed by atoms with Gasteiger partial charge in [-0.15, -0.1) is 0 Å². The highest BCUT2D eigenvalue weighted by atomic mass is 79.9. The lowest BCUT2D eigenvalue weighted by Gasteiger charge is -2.07. The summed E-state index contributed by atoms with van der Waals surface area (Å²) in [4.78, 5) is 11.2. The van der Waals surface area contributed by atoms with Crippen LogP contribution in [0.1, 0.15) is 25.7 Å². The number of carbonyl (C=O) groups is 1. The van der Waals surface area contributed by atoms with Gasteiger partial charge in [-0.25, -0.2) is 0 Å². The third-order valence-electron chi connectivity index (χ3n) is 2.01. The Balaban J connectivity index is 2.17. The monoisotopic (exact) mass is 220 g/mol. The molecule has 1 saturated carbocycles. The molecule has 1 fully saturated rings. The molecule has 0 aromatic heterocycles. The fourth-order valence-corrected chi connectivity index (χ4v) is 1.58. The molecule has 0 bridgehead atoms. The second-order valence-corrected chi connectivity index (χ2v) is 3.63. The Labute approximate surface area is 75.4 Å². The highest BCUT2D eigenvalue weighted by Crippen LogP contribution is 2.25. The van der Waals surface area contributed by atoms with Gasteiger partial charge in [0.25, 0.3) is 0 Å². The van der Waals surface area contributed by atoms with E-state index in [4.69, 9.17) is 4.74 Å².